The van der Waals surface area contributed by atoms with Gasteiger partial charge < -0.3 is 15.0 Å². The molecule has 0 saturated heterocycles. The number of hydrogen-bond acceptors (Lipinski definition) is 3. The summed E-state index contributed by atoms with van der Waals surface area (Å²) < 4.78 is 5.75. The molecule has 2 amide bonds. The Morgan fingerprint density at radius 1 is 1.12 bits per heavy atom. The lowest BCUT2D eigenvalue weighted by Crippen LogP contribution is -2.49. The van der Waals surface area contributed by atoms with Crippen molar-refractivity contribution in [2.24, 2.45) is 0 Å². The maximum absolute atomic E-state index is 12.4. The van der Waals surface area contributed by atoms with Gasteiger partial charge in [0, 0.05) is 13.5 Å². The van der Waals surface area contributed by atoms with Crippen LogP contribution in [0.15, 0.2) is 48.5 Å². The number of amides is 2. The second-order valence-corrected chi connectivity index (χ2v) is 6.45. The second kappa shape index (κ2) is 8.04. The van der Waals surface area contributed by atoms with Crippen molar-refractivity contribution in [3.8, 4) is 5.75 Å². The third-order valence-electron chi connectivity index (χ3n) is 4.66. The fraction of sp³-hybridized carbons (Fsp3) is 0.333. The number of nitrogens with one attached hydrogen (secondary N) is 1. The van der Waals surface area contributed by atoms with Gasteiger partial charge in [-0.15, -0.1) is 0 Å². The summed E-state index contributed by atoms with van der Waals surface area (Å²) in [5, 5.41) is 2.82. The summed E-state index contributed by atoms with van der Waals surface area (Å²) in [6.45, 7) is 2.29. The van der Waals surface area contributed by atoms with E-state index < -0.39 is 6.10 Å². The molecule has 1 N–H and O–H groups in total. The minimum Gasteiger partial charge on any atom is -0.477 e. The number of nitrogens with zero attached hydrogens (tertiary/aromatic N) is 1. The van der Waals surface area contributed by atoms with Gasteiger partial charge in [0.1, 0.15) is 5.75 Å². The molecule has 1 unspecified atom stereocenters. The quantitative estimate of drug-likeness (QED) is 0.870. The smallest absolute Gasteiger partial charge is 0.269 e. The molecule has 26 heavy (non-hydrogen) atoms. The third kappa shape index (κ3) is 4.04. The standard InChI is InChI=1S/C21H24N2O3/c1-3-15-8-10-16(11-9-15)12-13-20(24)22-14-19-21(25)23(2)17-6-4-5-7-18(17)26-19/h4-11,19H,3,12-14H2,1-2H3,(H,22,24). The van der Waals surface area contributed by atoms with Crippen LogP contribution < -0.4 is 15.0 Å². The van der Waals surface area contributed by atoms with Gasteiger partial charge in [-0.05, 0) is 36.1 Å². The molecule has 0 saturated carbocycles. The van der Waals surface area contributed by atoms with Crippen molar-refractivity contribution in [2.75, 3.05) is 18.5 Å². The predicted octanol–water partition coefficient (Wildman–Crippen LogP) is 2.72. The molecular weight excluding hydrogens is 328 g/mol. The highest BCUT2D eigenvalue weighted by Crippen LogP contribution is 2.32. The third-order valence-corrected chi connectivity index (χ3v) is 4.66. The van der Waals surface area contributed by atoms with Gasteiger partial charge in [-0.1, -0.05) is 43.3 Å². The number of hydrogen-bond donors (Lipinski definition) is 1. The summed E-state index contributed by atoms with van der Waals surface area (Å²) in [5.74, 6) is 0.423. The van der Waals surface area contributed by atoms with E-state index in [1.165, 1.54) is 5.56 Å². The summed E-state index contributed by atoms with van der Waals surface area (Å²) in [7, 11) is 1.72. The maximum atomic E-state index is 12.4. The number of aryl methyl sites for hydroxylation is 2. The summed E-state index contributed by atoms with van der Waals surface area (Å²) in [4.78, 5) is 26.1. The Morgan fingerprint density at radius 2 is 1.81 bits per heavy atom. The number of rotatable bonds is 6. The van der Waals surface area contributed by atoms with Crippen LogP contribution in [0.4, 0.5) is 5.69 Å². The molecule has 0 aliphatic carbocycles. The highest BCUT2D eigenvalue weighted by Gasteiger charge is 2.32. The first-order chi connectivity index (χ1) is 12.6. The van der Waals surface area contributed by atoms with Crippen molar-refractivity contribution < 1.29 is 14.3 Å². The molecule has 2 aromatic rings. The molecule has 0 radical (unpaired) electrons. The molecule has 0 spiro atoms. The minimum atomic E-state index is -0.692. The SMILES string of the molecule is CCc1ccc(CCC(=O)NCC2Oc3ccccc3N(C)C2=O)cc1. The summed E-state index contributed by atoms with van der Waals surface area (Å²) in [6, 6.07) is 15.7. The first-order valence-corrected chi connectivity index (χ1v) is 8.96. The van der Waals surface area contributed by atoms with Crippen LogP contribution in [0.2, 0.25) is 0 Å². The number of carbonyl (C=O) groups is 2. The summed E-state index contributed by atoms with van der Waals surface area (Å²) in [5.41, 5.74) is 3.17. The fourth-order valence-corrected chi connectivity index (χ4v) is 3.00. The molecule has 1 atom stereocenters. The van der Waals surface area contributed by atoms with Crippen molar-refractivity contribution in [3.63, 3.8) is 0 Å². The van der Waals surface area contributed by atoms with E-state index in [4.69, 9.17) is 4.74 Å². The van der Waals surface area contributed by atoms with Gasteiger partial charge >= 0.3 is 0 Å². The highest BCUT2D eigenvalue weighted by molar-refractivity contribution is 5.99. The van der Waals surface area contributed by atoms with Crippen LogP contribution in [0.5, 0.6) is 5.75 Å². The molecule has 5 nitrogen and oxygen atoms in total. The average Bonchev–Trinajstić information content (AvgIpc) is 2.68. The summed E-state index contributed by atoms with van der Waals surface area (Å²) >= 11 is 0. The normalized spacial score (nSPS) is 16.0. The molecule has 5 heteroatoms. The zero-order chi connectivity index (χ0) is 18.5. The average molecular weight is 352 g/mol. The summed E-state index contributed by atoms with van der Waals surface area (Å²) in [6.07, 6.45) is 1.38. The van der Waals surface area contributed by atoms with Crippen molar-refractivity contribution in [3.05, 3.63) is 59.7 Å². The number of likely N-dealkylation sites (N-methyl/N-ethyl adjacent to an activating group) is 1. The van der Waals surface area contributed by atoms with Crippen molar-refractivity contribution in [1.29, 1.82) is 0 Å². The molecule has 1 heterocycles. The van der Waals surface area contributed by atoms with Crippen LogP contribution in [0.25, 0.3) is 0 Å². The van der Waals surface area contributed by atoms with E-state index in [2.05, 4.69) is 36.5 Å². The van der Waals surface area contributed by atoms with Gasteiger partial charge in [0.15, 0.2) is 6.10 Å². The lowest BCUT2D eigenvalue weighted by molar-refractivity contribution is -0.127. The van der Waals surface area contributed by atoms with Crippen LogP contribution >= 0.6 is 0 Å². The van der Waals surface area contributed by atoms with E-state index in [9.17, 15) is 9.59 Å². The Labute approximate surface area is 154 Å². The molecule has 0 bridgehead atoms. The number of ether oxygens (including phenoxy) is 1. The lowest BCUT2D eigenvalue weighted by atomic mass is 10.1. The van der Waals surface area contributed by atoms with E-state index in [0.717, 1.165) is 17.7 Å². The zero-order valence-corrected chi connectivity index (χ0v) is 15.2. The molecule has 1 aliphatic rings. The number of para-hydroxylation sites is 2. The fourth-order valence-electron chi connectivity index (χ4n) is 3.00. The van der Waals surface area contributed by atoms with E-state index in [1.54, 1.807) is 11.9 Å². The van der Waals surface area contributed by atoms with Crippen LogP contribution in [-0.2, 0) is 22.4 Å². The molecule has 2 aromatic carbocycles. The zero-order valence-electron chi connectivity index (χ0n) is 15.2. The van der Waals surface area contributed by atoms with Gasteiger partial charge in [-0.3, -0.25) is 9.59 Å². The van der Waals surface area contributed by atoms with E-state index in [0.29, 0.717) is 18.6 Å². The molecule has 0 fully saturated rings. The lowest BCUT2D eigenvalue weighted by Gasteiger charge is -2.31. The largest absolute Gasteiger partial charge is 0.477 e. The molecule has 0 aromatic heterocycles. The van der Waals surface area contributed by atoms with Crippen LogP contribution in [-0.4, -0.2) is 31.5 Å². The first kappa shape index (κ1) is 18.0. The Bertz CT molecular complexity index is 786. The number of carbonyl (C=O) groups excluding carboxylic acids is 2. The Hall–Kier alpha value is -2.82. The molecule has 1 aliphatic heterocycles. The molecule has 136 valence electrons. The Balaban J connectivity index is 1.50. The van der Waals surface area contributed by atoms with Crippen LogP contribution in [0.3, 0.4) is 0 Å². The maximum Gasteiger partial charge on any atom is 0.269 e. The van der Waals surface area contributed by atoms with Crippen molar-refractivity contribution in [2.45, 2.75) is 32.3 Å². The highest BCUT2D eigenvalue weighted by atomic mass is 16.5. The van der Waals surface area contributed by atoms with Gasteiger partial charge in [-0.2, -0.15) is 0 Å². The molecule has 3 rings (SSSR count). The van der Waals surface area contributed by atoms with Gasteiger partial charge in [0.25, 0.3) is 5.91 Å². The van der Waals surface area contributed by atoms with E-state index >= 15 is 0 Å². The van der Waals surface area contributed by atoms with Crippen LogP contribution in [0, 0.1) is 0 Å². The Morgan fingerprint density at radius 3 is 2.54 bits per heavy atom. The number of anilines is 1. The molecular formula is C21H24N2O3. The minimum absolute atomic E-state index is 0.0810. The predicted molar refractivity (Wildman–Crippen MR) is 101 cm³/mol. The second-order valence-electron chi connectivity index (χ2n) is 6.45. The topological polar surface area (TPSA) is 58.6 Å². The Kier molecular flexibility index (Phi) is 5.56. The first-order valence-electron chi connectivity index (χ1n) is 8.96. The van der Waals surface area contributed by atoms with Gasteiger partial charge in [0.2, 0.25) is 5.91 Å². The van der Waals surface area contributed by atoms with Gasteiger partial charge in [0.05, 0.1) is 12.2 Å². The van der Waals surface area contributed by atoms with Crippen molar-refractivity contribution in [1.82, 2.24) is 5.32 Å². The van der Waals surface area contributed by atoms with Crippen LogP contribution in [0.1, 0.15) is 24.5 Å². The van der Waals surface area contributed by atoms with E-state index in [-0.39, 0.29) is 18.4 Å². The van der Waals surface area contributed by atoms with Gasteiger partial charge in [-0.25, -0.2) is 0 Å². The van der Waals surface area contributed by atoms with E-state index in [1.807, 2.05) is 24.3 Å². The number of benzene rings is 2. The monoisotopic (exact) mass is 352 g/mol. The number of fused-ring (bicyclic) bond motifs is 1. The van der Waals surface area contributed by atoms with Crippen molar-refractivity contribution >= 4 is 17.5 Å².